The van der Waals surface area contributed by atoms with Crippen LogP contribution in [-0.4, -0.2) is 57.9 Å². The van der Waals surface area contributed by atoms with Crippen molar-refractivity contribution in [2.45, 2.75) is 18.9 Å². The molecule has 0 spiro atoms. The number of rotatable bonds is 5. The van der Waals surface area contributed by atoms with E-state index in [4.69, 9.17) is 16.4 Å². The van der Waals surface area contributed by atoms with E-state index in [1.807, 2.05) is 0 Å². The third kappa shape index (κ3) is 4.48. The van der Waals surface area contributed by atoms with Crippen LogP contribution in [0.5, 0.6) is 0 Å². The number of hydrogen-bond acceptors (Lipinski definition) is 9. The molecular weight excluding hydrogens is 384 g/mol. The van der Waals surface area contributed by atoms with E-state index in [0.717, 1.165) is 5.17 Å². The summed E-state index contributed by atoms with van der Waals surface area (Å²) in [4.78, 5) is 24.7. The highest BCUT2D eigenvalue weighted by Gasteiger charge is 2.26. The van der Waals surface area contributed by atoms with E-state index < -0.39 is 15.8 Å². The van der Waals surface area contributed by atoms with E-state index in [1.54, 1.807) is 10.9 Å². The Morgan fingerprint density at radius 2 is 2.12 bits per heavy atom. The first-order chi connectivity index (χ1) is 12.3. The summed E-state index contributed by atoms with van der Waals surface area (Å²) in [7, 11) is -1.47. The molecule has 1 fully saturated rings. The van der Waals surface area contributed by atoms with Gasteiger partial charge < -0.3 is 4.84 Å². The minimum atomic E-state index is -2.95. The van der Waals surface area contributed by atoms with Gasteiger partial charge >= 0.3 is 5.97 Å². The van der Waals surface area contributed by atoms with Gasteiger partial charge in [0.25, 0.3) is 0 Å². The molecular formula is C14H17ClN6O4S. The highest BCUT2D eigenvalue weighted by molar-refractivity contribution is 7.91. The Balaban J connectivity index is 1.61. The lowest BCUT2D eigenvalue weighted by Crippen LogP contribution is -2.29. The van der Waals surface area contributed by atoms with Crippen molar-refractivity contribution in [1.82, 2.24) is 24.9 Å². The number of sulfone groups is 1. The molecule has 10 nitrogen and oxygen atoms in total. The number of nitrogens with zero attached hydrogens (tertiary/aromatic N) is 5. The summed E-state index contributed by atoms with van der Waals surface area (Å²) in [5, 5.41) is 5.47. The molecule has 140 valence electrons. The smallest absolute Gasteiger partial charge is 0.342 e. The average Bonchev–Trinajstić information content (AvgIpc) is 2.96. The summed E-state index contributed by atoms with van der Waals surface area (Å²) < 4.78 is 24.7. The zero-order chi connectivity index (χ0) is 18.7. The quantitative estimate of drug-likeness (QED) is 0.735. The van der Waals surface area contributed by atoms with E-state index in [2.05, 4.69) is 20.5 Å². The second kappa shape index (κ2) is 7.56. The fourth-order valence-corrected chi connectivity index (χ4v) is 4.19. The van der Waals surface area contributed by atoms with Crippen LogP contribution in [-0.2, 0) is 14.7 Å². The van der Waals surface area contributed by atoms with Crippen molar-refractivity contribution in [3.05, 3.63) is 35.6 Å². The van der Waals surface area contributed by atoms with Crippen LogP contribution in [0, 0.1) is 0 Å². The first-order valence-electron chi connectivity index (χ1n) is 7.78. The van der Waals surface area contributed by atoms with Crippen LogP contribution in [0.25, 0.3) is 0 Å². The van der Waals surface area contributed by atoms with Crippen molar-refractivity contribution >= 4 is 33.1 Å². The van der Waals surface area contributed by atoms with E-state index in [-0.39, 0.29) is 28.4 Å². The number of hydrogen-bond donors (Lipinski definition) is 1. The monoisotopic (exact) mass is 400 g/mol. The maximum absolute atomic E-state index is 11.9. The van der Waals surface area contributed by atoms with Gasteiger partial charge in [0.1, 0.15) is 15.5 Å². The summed E-state index contributed by atoms with van der Waals surface area (Å²) in [5.41, 5.74) is 3.28. The standard InChI is InChI=1S/C14H17ClN6O4S/c1-20(25-14(22)11-8-16-4-5-17-11)18-12-9-21(19-13(12)15)10-2-6-26(23,24)7-3-10/h4-5,8-10,18H,2-3,6-7H2,1H3. The number of aromatic nitrogens is 4. The van der Waals surface area contributed by atoms with E-state index in [0.29, 0.717) is 18.5 Å². The van der Waals surface area contributed by atoms with E-state index in [9.17, 15) is 13.2 Å². The van der Waals surface area contributed by atoms with Gasteiger partial charge in [0.05, 0.1) is 29.9 Å². The SMILES string of the molecule is CN(Nc1cn(C2CCS(=O)(=O)CC2)nc1Cl)OC(=O)c1cnccn1. The molecule has 2 aromatic rings. The molecule has 0 aromatic carbocycles. The average molecular weight is 401 g/mol. The first-order valence-corrected chi connectivity index (χ1v) is 9.98. The molecule has 0 bridgehead atoms. The van der Waals surface area contributed by atoms with Gasteiger partial charge in [-0.3, -0.25) is 15.1 Å². The van der Waals surface area contributed by atoms with Crippen molar-refractivity contribution in [3.8, 4) is 0 Å². The van der Waals surface area contributed by atoms with Crippen molar-refractivity contribution in [1.29, 1.82) is 0 Å². The Bertz CT molecular complexity index is 874. The van der Waals surface area contributed by atoms with Gasteiger partial charge in [-0.1, -0.05) is 16.8 Å². The number of carbonyl (C=O) groups is 1. The Morgan fingerprint density at radius 3 is 2.77 bits per heavy atom. The Hall–Kier alpha value is -2.24. The van der Waals surface area contributed by atoms with Gasteiger partial charge in [0.2, 0.25) is 0 Å². The molecule has 2 aromatic heterocycles. The maximum atomic E-state index is 11.9. The largest absolute Gasteiger partial charge is 0.378 e. The van der Waals surface area contributed by atoms with Crippen LogP contribution >= 0.6 is 11.6 Å². The van der Waals surface area contributed by atoms with Gasteiger partial charge in [-0.15, -0.1) is 0 Å². The van der Waals surface area contributed by atoms with Crippen LogP contribution in [0.15, 0.2) is 24.8 Å². The van der Waals surface area contributed by atoms with Gasteiger partial charge in [-0.05, 0) is 12.8 Å². The van der Waals surface area contributed by atoms with Gasteiger partial charge in [-0.25, -0.2) is 18.2 Å². The molecule has 0 amide bonds. The maximum Gasteiger partial charge on any atom is 0.378 e. The van der Waals surface area contributed by atoms with Crippen LogP contribution in [0.1, 0.15) is 29.4 Å². The molecule has 1 aliphatic rings. The van der Waals surface area contributed by atoms with Crippen LogP contribution in [0.4, 0.5) is 5.69 Å². The molecule has 26 heavy (non-hydrogen) atoms. The van der Waals surface area contributed by atoms with Crippen LogP contribution in [0.2, 0.25) is 5.15 Å². The van der Waals surface area contributed by atoms with Crippen LogP contribution < -0.4 is 5.43 Å². The minimum absolute atomic E-state index is 0.0426. The number of halogens is 1. The molecule has 0 atom stereocenters. The highest BCUT2D eigenvalue weighted by Crippen LogP contribution is 2.28. The molecule has 12 heteroatoms. The molecule has 0 saturated carbocycles. The number of anilines is 1. The molecule has 0 radical (unpaired) electrons. The van der Waals surface area contributed by atoms with Crippen molar-refractivity contribution in [2.24, 2.45) is 0 Å². The predicted octanol–water partition coefficient (Wildman–Crippen LogP) is 1.11. The second-order valence-electron chi connectivity index (χ2n) is 5.78. The molecule has 1 saturated heterocycles. The van der Waals surface area contributed by atoms with E-state index >= 15 is 0 Å². The second-order valence-corrected chi connectivity index (χ2v) is 8.44. The first kappa shape index (κ1) is 18.5. The number of hydrazine groups is 1. The van der Waals surface area contributed by atoms with Crippen molar-refractivity contribution in [2.75, 3.05) is 24.0 Å². The van der Waals surface area contributed by atoms with E-state index in [1.165, 1.54) is 25.6 Å². The third-order valence-electron chi connectivity index (χ3n) is 3.86. The summed E-state index contributed by atoms with van der Waals surface area (Å²) in [6.45, 7) is 0. The third-order valence-corrected chi connectivity index (χ3v) is 5.85. The topological polar surface area (TPSA) is 119 Å². The summed E-state index contributed by atoms with van der Waals surface area (Å²) in [6.07, 6.45) is 6.74. The molecule has 3 rings (SSSR count). The molecule has 1 N–H and O–H groups in total. The number of carbonyl (C=O) groups excluding carboxylic acids is 1. The number of hydroxylamine groups is 1. The number of nitrogens with one attached hydrogen (secondary N) is 1. The molecule has 0 unspecified atom stereocenters. The summed E-state index contributed by atoms with van der Waals surface area (Å²) in [6, 6.07) is -0.0426. The lowest BCUT2D eigenvalue weighted by molar-refractivity contribution is -0.0726. The van der Waals surface area contributed by atoms with Gasteiger partial charge in [0, 0.05) is 19.4 Å². The van der Waals surface area contributed by atoms with Gasteiger partial charge in [-0.2, -0.15) is 5.10 Å². The molecule has 0 aliphatic carbocycles. The lowest BCUT2D eigenvalue weighted by Gasteiger charge is -2.22. The predicted molar refractivity (Wildman–Crippen MR) is 93.0 cm³/mol. The van der Waals surface area contributed by atoms with Crippen LogP contribution in [0.3, 0.4) is 0 Å². The Morgan fingerprint density at radius 1 is 1.38 bits per heavy atom. The Kier molecular flexibility index (Phi) is 5.39. The molecule has 1 aliphatic heterocycles. The summed E-state index contributed by atoms with van der Waals surface area (Å²) >= 11 is 6.12. The lowest BCUT2D eigenvalue weighted by atomic mass is 10.2. The zero-order valence-electron chi connectivity index (χ0n) is 13.9. The van der Waals surface area contributed by atoms with Crippen molar-refractivity contribution in [3.63, 3.8) is 0 Å². The fraction of sp³-hybridized carbons (Fsp3) is 0.429. The Labute approximate surface area is 155 Å². The fourth-order valence-electron chi connectivity index (χ4n) is 2.54. The normalized spacial score (nSPS) is 17.2. The minimum Gasteiger partial charge on any atom is -0.342 e. The zero-order valence-corrected chi connectivity index (χ0v) is 15.4. The highest BCUT2D eigenvalue weighted by atomic mass is 35.5. The molecule has 3 heterocycles. The summed E-state index contributed by atoms with van der Waals surface area (Å²) in [5.74, 6) is -0.421. The van der Waals surface area contributed by atoms with Crippen molar-refractivity contribution < 1.29 is 18.0 Å². The van der Waals surface area contributed by atoms with Gasteiger partial charge in [0.15, 0.2) is 10.8 Å².